The molecular weight excluding hydrogens is 426 g/mol. The maximum Gasteiger partial charge on any atom is 0.150 e. The first-order chi connectivity index (χ1) is 11.6. The molecule has 0 N–H and O–H groups in total. The Labute approximate surface area is 161 Å². The monoisotopic (exact) mass is 452 g/mol. The highest BCUT2D eigenvalue weighted by Gasteiger charge is 2.34. The molecule has 0 aliphatic heterocycles. The van der Waals surface area contributed by atoms with E-state index in [1.165, 1.54) is 0 Å². The van der Waals surface area contributed by atoms with Crippen LogP contribution in [0.1, 0.15) is 47.2 Å². The number of aromatic nitrogens is 1. The van der Waals surface area contributed by atoms with Crippen molar-refractivity contribution in [1.29, 1.82) is 0 Å². The van der Waals surface area contributed by atoms with Gasteiger partial charge in [0.15, 0.2) is 0 Å². The highest BCUT2D eigenvalue weighted by Crippen LogP contribution is 2.24. The maximum absolute atomic E-state index is 15.3. The van der Waals surface area contributed by atoms with E-state index in [0.717, 1.165) is 18.1 Å². The Morgan fingerprint density at radius 2 is 1.80 bits per heavy atom. The Morgan fingerprint density at radius 3 is 2.20 bits per heavy atom. The van der Waals surface area contributed by atoms with Crippen LogP contribution in [0, 0.1) is 5.82 Å². The Morgan fingerprint density at radius 1 is 1.28 bits per heavy atom. The lowest BCUT2D eigenvalue weighted by atomic mass is 10.2. The molecule has 1 rings (SSSR count). The lowest BCUT2D eigenvalue weighted by Gasteiger charge is -2.29. The number of hydrogen-bond donors (Lipinski definition) is 0. The van der Waals surface area contributed by atoms with Crippen molar-refractivity contribution in [3.8, 4) is 0 Å². The zero-order valence-corrected chi connectivity index (χ0v) is 19.2. The summed E-state index contributed by atoms with van der Waals surface area (Å²) < 4.78 is 44.9. The molecule has 142 valence electrons. The fourth-order valence-corrected chi connectivity index (χ4v) is 7.66. The summed E-state index contributed by atoms with van der Waals surface area (Å²) >= 11 is 3.32. The molecule has 0 aliphatic carbocycles. The van der Waals surface area contributed by atoms with E-state index in [9.17, 15) is 8.60 Å². The first-order valence-electron chi connectivity index (χ1n) is 8.48. The van der Waals surface area contributed by atoms with Crippen LogP contribution in [0.2, 0.25) is 18.1 Å². The molecular formula is C17H27BrF2N2OSSi. The van der Waals surface area contributed by atoms with Gasteiger partial charge < -0.3 is 0 Å². The van der Waals surface area contributed by atoms with Gasteiger partial charge in [0.05, 0.1) is 12.8 Å². The third kappa shape index (κ3) is 5.04. The van der Waals surface area contributed by atoms with Crippen LogP contribution < -0.4 is 5.19 Å². The van der Waals surface area contributed by atoms with E-state index in [0.29, 0.717) is 9.79 Å². The molecule has 0 unspecified atom stereocenters. The van der Waals surface area contributed by atoms with Gasteiger partial charge in [0, 0.05) is 0 Å². The van der Waals surface area contributed by atoms with Gasteiger partial charge in [-0.2, -0.15) is 4.40 Å². The van der Waals surface area contributed by atoms with Gasteiger partial charge in [0.25, 0.3) is 0 Å². The van der Waals surface area contributed by atoms with E-state index in [2.05, 4.69) is 46.1 Å². The molecule has 0 radical (unpaired) electrons. The number of nitrogens with zero attached hydrogens (tertiary/aromatic N) is 2. The molecule has 0 fully saturated rings. The molecule has 0 saturated heterocycles. The molecule has 0 saturated carbocycles. The summed E-state index contributed by atoms with van der Waals surface area (Å²) in [6.45, 7) is 10.4. The summed E-state index contributed by atoms with van der Waals surface area (Å²) in [4.78, 5) is 4.11. The fraction of sp³-hybridized carbons (Fsp3) is 0.647. The van der Waals surface area contributed by atoms with Crippen molar-refractivity contribution in [3.05, 3.63) is 22.2 Å². The Bertz CT molecular complexity index is 665. The van der Waals surface area contributed by atoms with Crippen LogP contribution in [-0.2, 0) is 11.0 Å². The quantitative estimate of drug-likeness (QED) is 0.334. The second kappa shape index (κ2) is 8.95. The maximum atomic E-state index is 15.3. The molecule has 1 heterocycles. The third-order valence-electron chi connectivity index (χ3n) is 4.64. The van der Waals surface area contributed by atoms with Crippen molar-refractivity contribution < 1.29 is 13.0 Å². The van der Waals surface area contributed by atoms with Gasteiger partial charge >= 0.3 is 0 Å². The number of halogens is 3. The number of alkyl halides is 1. The highest BCUT2D eigenvalue weighted by molar-refractivity contribution is 9.10. The van der Waals surface area contributed by atoms with Gasteiger partial charge in [-0.1, -0.05) is 38.9 Å². The van der Waals surface area contributed by atoms with E-state index in [4.69, 9.17) is 0 Å². The van der Waals surface area contributed by atoms with Crippen molar-refractivity contribution in [2.24, 2.45) is 4.40 Å². The first-order valence-corrected chi connectivity index (χ1v) is 13.0. The van der Waals surface area contributed by atoms with Gasteiger partial charge in [-0.3, -0.25) is 0 Å². The summed E-state index contributed by atoms with van der Waals surface area (Å²) in [5.74, 6) is -0.511. The second-order valence-electron chi connectivity index (χ2n) is 7.03. The van der Waals surface area contributed by atoms with Crippen LogP contribution >= 0.6 is 15.9 Å². The van der Waals surface area contributed by atoms with Crippen molar-refractivity contribution in [3.63, 3.8) is 0 Å². The zero-order valence-electron chi connectivity index (χ0n) is 15.8. The van der Waals surface area contributed by atoms with Crippen molar-refractivity contribution in [2.45, 2.75) is 64.4 Å². The van der Waals surface area contributed by atoms with Crippen LogP contribution in [0.3, 0.4) is 0 Å². The first kappa shape index (κ1) is 22.6. The molecule has 0 bridgehead atoms. The van der Waals surface area contributed by atoms with Crippen molar-refractivity contribution in [2.75, 3.05) is 6.67 Å². The Kier molecular flexibility index (Phi) is 8.08. The predicted octanol–water partition coefficient (Wildman–Crippen LogP) is 4.92. The van der Waals surface area contributed by atoms with Crippen LogP contribution in [-0.4, -0.2) is 34.4 Å². The fourth-order valence-electron chi connectivity index (χ4n) is 2.76. The van der Waals surface area contributed by atoms with Gasteiger partial charge in [-0.15, -0.1) is 0 Å². The van der Waals surface area contributed by atoms with Crippen LogP contribution in [0.25, 0.3) is 0 Å². The molecule has 1 aromatic heterocycles. The van der Waals surface area contributed by atoms with Gasteiger partial charge in [-0.25, -0.2) is 18.0 Å². The summed E-state index contributed by atoms with van der Waals surface area (Å²) in [5, 5.41) is 0.638. The lowest BCUT2D eigenvalue weighted by Crippen LogP contribution is -2.48. The molecule has 0 amide bonds. The minimum atomic E-state index is -2.03. The Balaban J connectivity index is 3.62. The topological polar surface area (TPSA) is 42.3 Å². The SMILES string of the molecule is CC[Si](CC)(CC)c1cc(Br)nc(/C(CF)=N\[S@](=O)C(C)(C)C)c1F. The third-order valence-corrected chi connectivity index (χ3v) is 12.1. The van der Waals surface area contributed by atoms with Crippen molar-refractivity contribution in [1.82, 2.24) is 4.98 Å². The standard InChI is InChI=1S/C17H27BrF2N2OSSi/c1-7-25(8-2,9-3)13-10-14(18)21-16(15(13)20)12(11-19)22-24(23)17(4,5)6/h10H,7-9,11H2,1-6H3/b22-12-/t24-/m1/s1. The van der Waals surface area contributed by atoms with Gasteiger partial charge in [-0.05, 0) is 48.0 Å². The average Bonchev–Trinajstić information content (AvgIpc) is 2.56. The van der Waals surface area contributed by atoms with E-state index >= 15 is 4.39 Å². The minimum absolute atomic E-state index is 0.128. The van der Waals surface area contributed by atoms with Crippen LogP contribution in [0.15, 0.2) is 15.1 Å². The molecule has 8 heteroatoms. The summed E-state index contributed by atoms with van der Waals surface area (Å²) in [5.41, 5.74) is -0.323. The van der Waals surface area contributed by atoms with E-state index in [1.807, 2.05) is 0 Å². The lowest BCUT2D eigenvalue weighted by molar-refractivity contribution is 0.574. The van der Waals surface area contributed by atoms with Gasteiger partial charge in [0.2, 0.25) is 0 Å². The number of hydrogen-bond acceptors (Lipinski definition) is 2. The molecule has 0 aliphatic rings. The average molecular weight is 453 g/mol. The molecule has 25 heavy (non-hydrogen) atoms. The highest BCUT2D eigenvalue weighted by atomic mass is 79.9. The molecule has 0 spiro atoms. The largest absolute Gasteiger partial charge is 0.244 e. The summed E-state index contributed by atoms with van der Waals surface area (Å²) in [6, 6.07) is 4.40. The second-order valence-corrected chi connectivity index (χ2v) is 15.0. The van der Waals surface area contributed by atoms with Crippen LogP contribution in [0.4, 0.5) is 8.78 Å². The molecule has 3 nitrogen and oxygen atoms in total. The van der Waals surface area contributed by atoms with E-state index in [-0.39, 0.29) is 11.4 Å². The predicted molar refractivity (Wildman–Crippen MR) is 109 cm³/mol. The smallest absolute Gasteiger partial charge is 0.150 e. The van der Waals surface area contributed by atoms with Gasteiger partial charge in [0.1, 0.15) is 39.5 Å². The number of rotatable bonds is 7. The normalized spacial score (nSPS) is 14.7. The van der Waals surface area contributed by atoms with E-state index < -0.39 is 36.3 Å². The van der Waals surface area contributed by atoms with Crippen LogP contribution in [0.5, 0.6) is 0 Å². The van der Waals surface area contributed by atoms with E-state index in [1.54, 1.807) is 26.8 Å². The summed E-state index contributed by atoms with van der Waals surface area (Å²) in [6.07, 6.45) is 0. The molecule has 1 atom stereocenters. The minimum Gasteiger partial charge on any atom is -0.244 e. The molecule has 1 aromatic rings. The Hall–Kier alpha value is -0.473. The zero-order chi connectivity index (χ0) is 19.4. The van der Waals surface area contributed by atoms with Crippen molar-refractivity contribution >= 4 is 45.9 Å². The molecule has 0 aromatic carbocycles. The number of pyridine rings is 1. The summed E-state index contributed by atoms with van der Waals surface area (Å²) in [7, 11) is -3.71.